The lowest BCUT2D eigenvalue weighted by Crippen LogP contribution is -2.37. The van der Waals surface area contributed by atoms with E-state index < -0.39 is 0 Å². The quantitative estimate of drug-likeness (QED) is 0.868. The van der Waals surface area contributed by atoms with Crippen molar-refractivity contribution in [2.24, 2.45) is 5.41 Å². The minimum absolute atomic E-state index is 0.00442. The monoisotopic (exact) mass is 235 g/mol. The number of aliphatic hydroxyl groups excluding tert-OH is 1. The maximum Gasteiger partial charge on any atom is 0.253 e. The van der Waals surface area contributed by atoms with Crippen LogP contribution in [0.25, 0.3) is 0 Å². The molecule has 1 amide bonds. The third-order valence-corrected chi connectivity index (χ3v) is 2.70. The van der Waals surface area contributed by atoms with Crippen molar-refractivity contribution in [3.05, 3.63) is 35.4 Å². The van der Waals surface area contributed by atoms with Crippen molar-refractivity contribution in [1.82, 2.24) is 4.90 Å². The molecule has 94 valence electrons. The Morgan fingerprint density at radius 1 is 1.41 bits per heavy atom. The second-order valence-electron chi connectivity index (χ2n) is 5.35. The highest BCUT2D eigenvalue weighted by Gasteiger charge is 2.22. The smallest absolute Gasteiger partial charge is 0.253 e. The molecule has 1 aromatic rings. The maximum absolute atomic E-state index is 12.1. The number of carbonyl (C=O) groups is 1. The Hall–Kier alpha value is -1.35. The summed E-state index contributed by atoms with van der Waals surface area (Å²) in [6.07, 6.45) is 0. The van der Waals surface area contributed by atoms with Gasteiger partial charge in [-0.15, -0.1) is 0 Å². The molecular formula is C14H21NO2. The molecule has 0 bridgehead atoms. The highest BCUT2D eigenvalue weighted by atomic mass is 16.3. The van der Waals surface area contributed by atoms with Gasteiger partial charge in [-0.05, 0) is 19.1 Å². The molecule has 0 heterocycles. The number of aryl methyl sites for hydroxylation is 1. The minimum Gasteiger partial charge on any atom is -0.396 e. The molecule has 17 heavy (non-hydrogen) atoms. The highest BCUT2D eigenvalue weighted by Crippen LogP contribution is 2.16. The van der Waals surface area contributed by atoms with E-state index in [4.69, 9.17) is 0 Å². The molecule has 1 N–H and O–H groups in total. The molecule has 0 atom stereocenters. The number of benzene rings is 1. The SMILES string of the molecule is Cc1cccc(C(=O)N(C)CC(C)(C)CO)c1. The number of carbonyl (C=O) groups excluding carboxylic acids is 1. The highest BCUT2D eigenvalue weighted by molar-refractivity contribution is 5.94. The normalized spacial score (nSPS) is 11.4. The van der Waals surface area contributed by atoms with Gasteiger partial charge >= 0.3 is 0 Å². The Bertz CT molecular complexity index is 399. The van der Waals surface area contributed by atoms with Crippen molar-refractivity contribution in [3.63, 3.8) is 0 Å². The van der Waals surface area contributed by atoms with E-state index in [2.05, 4.69) is 0 Å². The van der Waals surface area contributed by atoms with Gasteiger partial charge in [-0.25, -0.2) is 0 Å². The predicted octanol–water partition coefficient (Wildman–Crippen LogP) is 2.09. The van der Waals surface area contributed by atoms with Crippen molar-refractivity contribution in [2.45, 2.75) is 20.8 Å². The van der Waals surface area contributed by atoms with Gasteiger partial charge in [0.25, 0.3) is 5.91 Å². The van der Waals surface area contributed by atoms with Crippen LogP contribution in [0.4, 0.5) is 0 Å². The van der Waals surface area contributed by atoms with Gasteiger partial charge in [0, 0.05) is 31.2 Å². The third-order valence-electron chi connectivity index (χ3n) is 2.70. The lowest BCUT2D eigenvalue weighted by Gasteiger charge is -2.28. The molecule has 0 fully saturated rings. The fourth-order valence-electron chi connectivity index (χ4n) is 1.76. The minimum atomic E-state index is -0.270. The van der Waals surface area contributed by atoms with E-state index in [-0.39, 0.29) is 17.9 Å². The molecule has 0 unspecified atom stereocenters. The van der Waals surface area contributed by atoms with Crippen LogP contribution in [0.2, 0.25) is 0 Å². The Balaban J connectivity index is 2.77. The number of amides is 1. The molecule has 0 aromatic heterocycles. The van der Waals surface area contributed by atoms with Crippen LogP contribution >= 0.6 is 0 Å². The lowest BCUT2D eigenvalue weighted by molar-refractivity contribution is 0.0663. The molecule has 0 aliphatic carbocycles. The molecule has 3 nitrogen and oxygen atoms in total. The van der Waals surface area contributed by atoms with Crippen molar-refractivity contribution in [3.8, 4) is 0 Å². The predicted molar refractivity (Wildman–Crippen MR) is 69.0 cm³/mol. The third kappa shape index (κ3) is 3.86. The van der Waals surface area contributed by atoms with E-state index in [1.165, 1.54) is 0 Å². The Morgan fingerprint density at radius 3 is 2.59 bits per heavy atom. The molecule has 1 rings (SSSR count). The molecule has 0 radical (unpaired) electrons. The number of rotatable bonds is 4. The average molecular weight is 235 g/mol. The van der Waals surface area contributed by atoms with E-state index in [9.17, 15) is 9.90 Å². The van der Waals surface area contributed by atoms with E-state index in [0.29, 0.717) is 12.1 Å². The van der Waals surface area contributed by atoms with Crippen molar-refractivity contribution >= 4 is 5.91 Å². The second-order valence-corrected chi connectivity index (χ2v) is 5.35. The van der Waals surface area contributed by atoms with E-state index >= 15 is 0 Å². The molecule has 0 saturated heterocycles. The van der Waals surface area contributed by atoms with Gasteiger partial charge in [0.2, 0.25) is 0 Å². The summed E-state index contributed by atoms with van der Waals surface area (Å²) in [5, 5.41) is 9.20. The molecule has 1 aromatic carbocycles. The number of hydrogen-bond acceptors (Lipinski definition) is 2. The molecule has 0 aliphatic rings. The van der Waals surface area contributed by atoms with Crippen molar-refractivity contribution in [2.75, 3.05) is 20.2 Å². The lowest BCUT2D eigenvalue weighted by atomic mass is 9.94. The molecule has 0 aliphatic heterocycles. The molecular weight excluding hydrogens is 214 g/mol. The summed E-state index contributed by atoms with van der Waals surface area (Å²) in [7, 11) is 1.77. The first kappa shape index (κ1) is 13.7. The Morgan fingerprint density at radius 2 is 2.06 bits per heavy atom. The van der Waals surface area contributed by atoms with Crippen LogP contribution in [-0.2, 0) is 0 Å². The number of nitrogens with zero attached hydrogens (tertiary/aromatic N) is 1. The van der Waals surface area contributed by atoms with Gasteiger partial charge in [-0.1, -0.05) is 31.5 Å². The van der Waals surface area contributed by atoms with Crippen LogP contribution in [0.1, 0.15) is 29.8 Å². The fraction of sp³-hybridized carbons (Fsp3) is 0.500. The van der Waals surface area contributed by atoms with E-state index in [0.717, 1.165) is 5.56 Å². The topological polar surface area (TPSA) is 40.5 Å². The summed E-state index contributed by atoms with van der Waals surface area (Å²) in [4.78, 5) is 13.8. The van der Waals surface area contributed by atoms with Gasteiger partial charge in [0.1, 0.15) is 0 Å². The Kier molecular flexibility index (Phi) is 4.29. The van der Waals surface area contributed by atoms with Gasteiger partial charge in [0.05, 0.1) is 0 Å². The standard InChI is InChI=1S/C14H21NO2/c1-11-6-5-7-12(8-11)13(17)15(4)9-14(2,3)10-16/h5-8,16H,9-10H2,1-4H3. The van der Waals surface area contributed by atoms with Crippen molar-refractivity contribution in [1.29, 1.82) is 0 Å². The summed E-state index contributed by atoms with van der Waals surface area (Å²) in [5.74, 6) is -0.00442. The number of hydrogen-bond donors (Lipinski definition) is 1. The average Bonchev–Trinajstić information content (AvgIpc) is 2.27. The van der Waals surface area contributed by atoms with Crippen LogP contribution in [0.3, 0.4) is 0 Å². The molecule has 3 heteroatoms. The first-order valence-corrected chi connectivity index (χ1v) is 5.79. The summed E-state index contributed by atoms with van der Waals surface area (Å²) in [6, 6.07) is 7.55. The second kappa shape index (κ2) is 5.32. The first-order chi connectivity index (χ1) is 7.85. The van der Waals surface area contributed by atoms with Crippen LogP contribution in [0.5, 0.6) is 0 Å². The first-order valence-electron chi connectivity index (χ1n) is 5.79. The summed E-state index contributed by atoms with van der Waals surface area (Å²) < 4.78 is 0. The van der Waals surface area contributed by atoms with Crippen LogP contribution < -0.4 is 0 Å². The van der Waals surface area contributed by atoms with Crippen molar-refractivity contribution < 1.29 is 9.90 Å². The largest absolute Gasteiger partial charge is 0.396 e. The zero-order valence-electron chi connectivity index (χ0n) is 11.0. The molecule has 0 saturated carbocycles. The summed E-state index contributed by atoms with van der Waals surface area (Å²) in [5.41, 5.74) is 1.50. The van der Waals surface area contributed by atoms with E-state index in [1.807, 2.05) is 45.0 Å². The number of aliphatic hydroxyl groups is 1. The van der Waals surface area contributed by atoms with Crippen LogP contribution in [0, 0.1) is 12.3 Å². The summed E-state index contributed by atoms with van der Waals surface area (Å²) in [6.45, 7) is 6.45. The fourth-order valence-corrected chi connectivity index (χ4v) is 1.76. The van der Waals surface area contributed by atoms with Gasteiger partial charge < -0.3 is 10.0 Å². The Labute approximate surface area is 103 Å². The van der Waals surface area contributed by atoms with Gasteiger partial charge in [0.15, 0.2) is 0 Å². The zero-order valence-corrected chi connectivity index (χ0v) is 11.0. The maximum atomic E-state index is 12.1. The van der Waals surface area contributed by atoms with Crippen LogP contribution in [-0.4, -0.2) is 36.1 Å². The van der Waals surface area contributed by atoms with E-state index in [1.54, 1.807) is 11.9 Å². The van der Waals surface area contributed by atoms with Crippen LogP contribution in [0.15, 0.2) is 24.3 Å². The zero-order chi connectivity index (χ0) is 13.1. The summed E-state index contributed by atoms with van der Waals surface area (Å²) >= 11 is 0. The van der Waals surface area contributed by atoms with Gasteiger partial charge in [-0.2, -0.15) is 0 Å². The molecule has 0 spiro atoms. The van der Waals surface area contributed by atoms with Gasteiger partial charge in [-0.3, -0.25) is 4.79 Å².